The van der Waals surface area contributed by atoms with Crippen molar-refractivity contribution in [3.8, 4) is 11.5 Å². The van der Waals surface area contributed by atoms with Gasteiger partial charge in [0.15, 0.2) is 5.78 Å². The molecule has 0 saturated heterocycles. The summed E-state index contributed by atoms with van der Waals surface area (Å²) in [6.07, 6.45) is 0.251. The molecule has 49 heavy (non-hydrogen) atoms. The number of halogens is 5. The first-order chi connectivity index (χ1) is 23.3. The van der Waals surface area contributed by atoms with Crippen LogP contribution in [0.4, 0.5) is 5.69 Å². The third kappa shape index (κ3) is 13.2. The van der Waals surface area contributed by atoms with Gasteiger partial charge in [0.25, 0.3) is 5.24 Å². The fourth-order valence-electron chi connectivity index (χ4n) is 3.91. The number of esters is 2. The van der Waals surface area contributed by atoms with Gasteiger partial charge < -0.3 is 24.7 Å². The monoisotopic (exact) mass is 945 g/mol. The first kappa shape index (κ1) is 41.9. The molecule has 4 rings (SSSR count). The quantitative estimate of drug-likeness (QED) is 0.0715. The molecule has 0 fully saturated rings. The summed E-state index contributed by atoms with van der Waals surface area (Å²) in [7, 11) is 2.62. The van der Waals surface area contributed by atoms with Crippen LogP contribution in [0.5, 0.6) is 11.5 Å². The third-order valence-corrected chi connectivity index (χ3v) is 8.76. The van der Waals surface area contributed by atoms with E-state index in [1.165, 1.54) is 38.5 Å². The molecular formula is C35H32Br4ClNO8. The van der Waals surface area contributed by atoms with Crippen LogP contribution in [0, 0.1) is 0 Å². The highest BCUT2D eigenvalue weighted by molar-refractivity contribution is 9.11. The number of ether oxygens (including phenoxy) is 4. The van der Waals surface area contributed by atoms with E-state index in [2.05, 4.69) is 73.2 Å². The smallest absolute Gasteiger partial charge is 0.337 e. The highest BCUT2D eigenvalue weighted by atomic mass is 79.9. The zero-order chi connectivity index (χ0) is 36.7. The van der Waals surface area contributed by atoms with Gasteiger partial charge in [-0.1, -0.05) is 12.1 Å². The zero-order valence-corrected chi connectivity index (χ0v) is 33.9. The van der Waals surface area contributed by atoms with Gasteiger partial charge in [0, 0.05) is 23.2 Å². The maximum atomic E-state index is 12.4. The summed E-state index contributed by atoms with van der Waals surface area (Å²) in [4.78, 5) is 45.4. The van der Waals surface area contributed by atoms with E-state index >= 15 is 0 Å². The van der Waals surface area contributed by atoms with Gasteiger partial charge in [-0.15, -0.1) is 0 Å². The molecule has 4 aromatic carbocycles. The van der Waals surface area contributed by atoms with Gasteiger partial charge in [-0.3, -0.25) is 9.59 Å². The van der Waals surface area contributed by atoms with Gasteiger partial charge in [0.2, 0.25) is 0 Å². The van der Waals surface area contributed by atoms with E-state index in [4.69, 9.17) is 26.8 Å². The molecule has 0 unspecified atom stereocenters. The van der Waals surface area contributed by atoms with Crippen molar-refractivity contribution in [1.82, 2.24) is 0 Å². The second kappa shape index (κ2) is 21.1. The standard InChI is InChI=1S/C18H16Br2O4.C9H7ClO3.C8H9Br2NO/c1-3-24-17-14(19)8-11(9-15(17)20)10-16(21)12-4-6-13(7-5-12)18(22)23-2;1-13-9(12)7-4-2-6(3-5-7)8(10)11;1-2-12-8-6(9)3-5(11)4-7(8)10/h4-9H,3,10H2,1-2H3;2-5H,1H3;3-4H,2,11H2,1H3. The number of nitrogen functional groups attached to an aromatic ring is 1. The lowest BCUT2D eigenvalue weighted by Gasteiger charge is -2.11. The van der Waals surface area contributed by atoms with Gasteiger partial charge in [-0.2, -0.15) is 0 Å². The minimum absolute atomic E-state index is 0.0330. The Kier molecular flexibility index (Phi) is 18.1. The average Bonchev–Trinajstić information content (AvgIpc) is 3.08. The number of anilines is 1. The third-order valence-electron chi connectivity index (χ3n) is 6.18. The summed E-state index contributed by atoms with van der Waals surface area (Å²) in [5.74, 6) is 0.624. The largest absolute Gasteiger partial charge is 0.492 e. The van der Waals surface area contributed by atoms with Crippen LogP contribution in [0.15, 0.2) is 90.7 Å². The highest BCUT2D eigenvalue weighted by Crippen LogP contribution is 2.36. The fraction of sp³-hybridized carbons (Fsp3) is 0.200. The van der Waals surface area contributed by atoms with Crippen LogP contribution in [-0.4, -0.2) is 50.4 Å². The van der Waals surface area contributed by atoms with Gasteiger partial charge in [-0.25, -0.2) is 9.59 Å². The highest BCUT2D eigenvalue weighted by Gasteiger charge is 2.14. The van der Waals surface area contributed by atoms with E-state index in [-0.39, 0.29) is 12.2 Å². The fourth-order valence-corrected chi connectivity index (χ4v) is 7.00. The number of nitrogens with two attached hydrogens (primary N) is 1. The van der Waals surface area contributed by atoms with Crippen molar-refractivity contribution in [3.63, 3.8) is 0 Å². The Morgan fingerprint density at radius 2 is 0.959 bits per heavy atom. The zero-order valence-electron chi connectivity index (χ0n) is 26.8. The number of hydrogen-bond donors (Lipinski definition) is 1. The number of benzene rings is 4. The summed E-state index contributed by atoms with van der Waals surface area (Å²) in [5, 5.41) is -0.545. The molecule has 0 aliphatic carbocycles. The summed E-state index contributed by atoms with van der Waals surface area (Å²) < 4.78 is 23.4. The molecule has 0 saturated carbocycles. The summed E-state index contributed by atoms with van der Waals surface area (Å²) in [6.45, 7) is 5.05. The molecule has 0 spiro atoms. The predicted octanol–water partition coefficient (Wildman–Crippen LogP) is 9.87. The van der Waals surface area contributed by atoms with E-state index in [9.17, 15) is 19.2 Å². The molecule has 0 heterocycles. The number of ketones is 1. The van der Waals surface area contributed by atoms with E-state index in [0.29, 0.717) is 41.2 Å². The lowest BCUT2D eigenvalue weighted by Crippen LogP contribution is -2.06. The topological polar surface area (TPSA) is 131 Å². The van der Waals surface area contributed by atoms with Crippen LogP contribution in [0.25, 0.3) is 0 Å². The predicted molar refractivity (Wildman–Crippen MR) is 204 cm³/mol. The molecule has 0 aliphatic rings. The van der Waals surface area contributed by atoms with Crippen LogP contribution in [0.3, 0.4) is 0 Å². The van der Waals surface area contributed by atoms with E-state index < -0.39 is 17.2 Å². The molecule has 0 atom stereocenters. The molecule has 2 N–H and O–H groups in total. The average molecular weight is 950 g/mol. The molecule has 0 amide bonds. The molecule has 0 aliphatic heterocycles. The van der Waals surface area contributed by atoms with Gasteiger partial charge >= 0.3 is 11.9 Å². The molecule has 4 aromatic rings. The maximum absolute atomic E-state index is 12.4. The van der Waals surface area contributed by atoms with Crippen molar-refractivity contribution in [2.75, 3.05) is 33.2 Å². The van der Waals surface area contributed by atoms with E-state index in [1.54, 1.807) is 24.3 Å². The van der Waals surface area contributed by atoms with Crippen LogP contribution in [0.1, 0.15) is 60.8 Å². The molecule has 0 aromatic heterocycles. The molecule has 14 heteroatoms. The summed E-state index contributed by atoms with van der Waals surface area (Å²) >= 11 is 18.9. The molecule has 0 radical (unpaired) electrons. The van der Waals surface area contributed by atoms with Crippen molar-refractivity contribution in [2.24, 2.45) is 0 Å². The summed E-state index contributed by atoms with van der Waals surface area (Å²) in [6, 6.07) is 19.7. The van der Waals surface area contributed by atoms with Crippen molar-refractivity contribution >= 4 is 104 Å². The Bertz CT molecular complexity index is 1720. The Hall–Kier alpha value is -3.23. The van der Waals surface area contributed by atoms with Crippen molar-refractivity contribution < 1.29 is 38.1 Å². The van der Waals surface area contributed by atoms with E-state index in [0.717, 1.165) is 35.0 Å². The van der Waals surface area contributed by atoms with Crippen LogP contribution in [0.2, 0.25) is 0 Å². The molecular weight excluding hydrogens is 917 g/mol. The van der Waals surface area contributed by atoms with Gasteiger partial charge in [-0.05, 0) is 155 Å². The molecule has 260 valence electrons. The second-order valence-corrected chi connectivity index (χ2v) is 13.3. The number of Topliss-reactive ketones (excluding diaryl/α,β-unsaturated/α-hetero) is 1. The first-order valence-corrected chi connectivity index (χ1v) is 17.9. The Labute approximate surface area is 323 Å². The van der Waals surface area contributed by atoms with Crippen molar-refractivity contribution in [3.05, 3.63) is 119 Å². The Balaban J connectivity index is 0.000000281. The van der Waals surface area contributed by atoms with Crippen LogP contribution in [-0.2, 0) is 15.9 Å². The lowest BCUT2D eigenvalue weighted by atomic mass is 10.0. The van der Waals surface area contributed by atoms with E-state index in [1.807, 2.05) is 38.1 Å². The van der Waals surface area contributed by atoms with Crippen LogP contribution >= 0.6 is 75.3 Å². The normalized spacial score (nSPS) is 9.98. The lowest BCUT2D eigenvalue weighted by molar-refractivity contribution is 0.0592. The number of rotatable bonds is 10. The minimum atomic E-state index is -0.545. The van der Waals surface area contributed by atoms with Gasteiger partial charge in [0.05, 0.1) is 56.5 Å². The van der Waals surface area contributed by atoms with Crippen LogP contribution < -0.4 is 15.2 Å². The molecule has 0 bridgehead atoms. The second-order valence-electron chi connectivity index (χ2n) is 9.58. The maximum Gasteiger partial charge on any atom is 0.337 e. The number of methoxy groups -OCH3 is 2. The molecule has 9 nitrogen and oxygen atoms in total. The number of carbonyl (C=O) groups excluding carboxylic acids is 4. The first-order valence-electron chi connectivity index (χ1n) is 14.3. The number of hydrogen-bond acceptors (Lipinski definition) is 9. The Morgan fingerprint density at radius 1 is 0.612 bits per heavy atom. The van der Waals surface area contributed by atoms with Crippen molar-refractivity contribution in [1.29, 1.82) is 0 Å². The van der Waals surface area contributed by atoms with Crippen molar-refractivity contribution in [2.45, 2.75) is 20.3 Å². The minimum Gasteiger partial charge on any atom is -0.492 e. The SMILES string of the molecule is CCOc1c(Br)cc(CC(=O)c2ccc(C(=O)OC)cc2)cc1Br.CCOc1c(Br)cc(N)cc1Br.COC(=O)c1ccc(C(=O)Cl)cc1. The Morgan fingerprint density at radius 3 is 1.31 bits per heavy atom. The summed E-state index contributed by atoms with van der Waals surface area (Å²) in [5.41, 5.74) is 8.89. The number of carbonyl (C=O) groups is 4. The van der Waals surface area contributed by atoms with Gasteiger partial charge in [0.1, 0.15) is 11.5 Å².